The molecule has 0 fully saturated rings. The molecular weight excluding hydrogens is 293 g/mol. The zero-order chi connectivity index (χ0) is 16.6. The molecule has 0 spiro atoms. The number of nitrogens with zero attached hydrogens (tertiary/aromatic N) is 2. The number of ether oxygens (including phenoxy) is 1. The summed E-state index contributed by atoms with van der Waals surface area (Å²) in [6, 6.07) is 11.5. The Morgan fingerprint density at radius 1 is 1.26 bits per heavy atom. The third-order valence-electron chi connectivity index (χ3n) is 4.42. The zero-order valence-electron chi connectivity index (χ0n) is 13.7. The highest BCUT2D eigenvalue weighted by Gasteiger charge is 2.32. The number of benzene rings is 2. The van der Waals surface area contributed by atoms with E-state index in [2.05, 4.69) is 29.2 Å². The van der Waals surface area contributed by atoms with E-state index >= 15 is 0 Å². The van der Waals surface area contributed by atoms with Crippen LogP contribution in [0.4, 0.5) is 15.8 Å². The standard InChI is InChI=1S/C18H22FN3O/c1-21(2)12-4-6-13(7-5-12)22-11-16-15(18(22)10-20)8-14(23-3)9-17(16)19/h4-9,18H,10-11,20H2,1-3H3. The maximum Gasteiger partial charge on any atom is 0.132 e. The largest absolute Gasteiger partial charge is 0.497 e. The highest BCUT2D eigenvalue weighted by atomic mass is 19.1. The Hall–Kier alpha value is -2.27. The second-order valence-electron chi connectivity index (χ2n) is 5.97. The summed E-state index contributed by atoms with van der Waals surface area (Å²) in [6.07, 6.45) is 0. The van der Waals surface area contributed by atoms with Crippen molar-refractivity contribution in [3.05, 3.63) is 53.3 Å². The van der Waals surface area contributed by atoms with Crippen LogP contribution in [-0.4, -0.2) is 27.7 Å². The lowest BCUT2D eigenvalue weighted by atomic mass is 10.0. The summed E-state index contributed by atoms with van der Waals surface area (Å²) < 4.78 is 19.5. The highest BCUT2D eigenvalue weighted by Crippen LogP contribution is 2.40. The molecule has 0 radical (unpaired) electrons. The van der Waals surface area contributed by atoms with Crippen molar-refractivity contribution >= 4 is 11.4 Å². The van der Waals surface area contributed by atoms with Gasteiger partial charge >= 0.3 is 0 Å². The number of hydrogen-bond acceptors (Lipinski definition) is 4. The van der Waals surface area contributed by atoms with Crippen LogP contribution < -0.4 is 20.3 Å². The Morgan fingerprint density at radius 2 is 1.96 bits per heavy atom. The monoisotopic (exact) mass is 315 g/mol. The van der Waals surface area contributed by atoms with E-state index in [0.29, 0.717) is 24.4 Å². The van der Waals surface area contributed by atoms with Gasteiger partial charge in [0.25, 0.3) is 0 Å². The molecule has 1 unspecified atom stereocenters. The Kier molecular flexibility index (Phi) is 4.13. The SMILES string of the molecule is COc1cc(F)c2c(c1)C(CN)N(c1ccc(N(C)C)cc1)C2. The van der Waals surface area contributed by atoms with Gasteiger partial charge in [0.2, 0.25) is 0 Å². The molecule has 0 amide bonds. The van der Waals surface area contributed by atoms with Crippen molar-refractivity contribution < 1.29 is 9.13 Å². The Balaban J connectivity index is 1.97. The van der Waals surface area contributed by atoms with Crippen molar-refractivity contribution in [2.75, 3.05) is 37.5 Å². The number of fused-ring (bicyclic) bond motifs is 1. The summed E-state index contributed by atoms with van der Waals surface area (Å²) in [7, 11) is 5.56. The first-order chi connectivity index (χ1) is 11.0. The second kappa shape index (κ2) is 6.08. The van der Waals surface area contributed by atoms with E-state index in [-0.39, 0.29) is 11.9 Å². The second-order valence-corrected chi connectivity index (χ2v) is 5.97. The van der Waals surface area contributed by atoms with Gasteiger partial charge in [-0.15, -0.1) is 0 Å². The number of anilines is 2. The van der Waals surface area contributed by atoms with E-state index in [1.807, 2.05) is 25.1 Å². The molecule has 4 nitrogen and oxygen atoms in total. The van der Waals surface area contributed by atoms with Gasteiger partial charge in [0.05, 0.1) is 13.2 Å². The van der Waals surface area contributed by atoms with E-state index in [0.717, 1.165) is 16.9 Å². The predicted molar refractivity (Wildman–Crippen MR) is 91.7 cm³/mol. The molecule has 122 valence electrons. The first-order valence-corrected chi connectivity index (χ1v) is 7.65. The van der Waals surface area contributed by atoms with Crippen molar-refractivity contribution in [2.24, 2.45) is 5.73 Å². The molecule has 23 heavy (non-hydrogen) atoms. The summed E-state index contributed by atoms with van der Waals surface area (Å²) >= 11 is 0. The molecule has 0 aromatic heterocycles. The zero-order valence-corrected chi connectivity index (χ0v) is 13.7. The average Bonchev–Trinajstić information content (AvgIpc) is 2.93. The molecule has 2 aromatic rings. The summed E-state index contributed by atoms with van der Waals surface area (Å²) in [6.45, 7) is 0.948. The molecule has 0 bridgehead atoms. The van der Waals surface area contributed by atoms with Crippen LogP contribution in [0.25, 0.3) is 0 Å². The number of methoxy groups -OCH3 is 1. The van der Waals surface area contributed by atoms with Crippen LogP contribution in [0.15, 0.2) is 36.4 Å². The van der Waals surface area contributed by atoms with E-state index in [9.17, 15) is 4.39 Å². The lowest BCUT2D eigenvalue weighted by molar-refractivity contribution is 0.410. The van der Waals surface area contributed by atoms with E-state index in [4.69, 9.17) is 10.5 Å². The smallest absolute Gasteiger partial charge is 0.132 e. The summed E-state index contributed by atoms with van der Waals surface area (Å²) in [5.74, 6) is 0.301. The fourth-order valence-electron chi connectivity index (χ4n) is 3.13. The topological polar surface area (TPSA) is 41.7 Å². The maximum absolute atomic E-state index is 14.4. The van der Waals surface area contributed by atoms with Crippen LogP contribution in [0.3, 0.4) is 0 Å². The number of nitrogens with two attached hydrogens (primary N) is 1. The lowest BCUT2D eigenvalue weighted by Gasteiger charge is -2.27. The van der Waals surface area contributed by atoms with Crippen molar-refractivity contribution in [3.63, 3.8) is 0 Å². The van der Waals surface area contributed by atoms with Gasteiger partial charge in [-0.05, 0) is 35.9 Å². The third kappa shape index (κ3) is 2.72. The summed E-state index contributed by atoms with van der Waals surface area (Å²) in [5, 5.41) is 0. The van der Waals surface area contributed by atoms with Crippen LogP contribution in [-0.2, 0) is 6.54 Å². The molecule has 3 rings (SSSR count). The molecule has 0 saturated carbocycles. The third-order valence-corrected chi connectivity index (χ3v) is 4.42. The van der Waals surface area contributed by atoms with Crippen molar-refractivity contribution in [1.82, 2.24) is 0 Å². The van der Waals surface area contributed by atoms with E-state index in [1.54, 1.807) is 7.11 Å². The van der Waals surface area contributed by atoms with Crippen LogP contribution in [0, 0.1) is 5.82 Å². The first kappa shape index (κ1) is 15.6. The number of rotatable bonds is 4. The van der Waals surface area contributed by atoms with Gasteiger partial charge in [-0.25, -0.2) is 4.39 Å². The normalized spacial score (nSPS) is 16.4. The molecule has 1 aliphatic rings. The molecule has 2 N–H and O–H groups in total. The quantitative estimate of drug-likeness (QED) is 0.942. The van der Waals surface area contributed by atoms with Crippen molar-refractivity contribution in [2.45, 2.75) is 12.6 Å². The minimum atomic E-state index is -0.231. The van der Waals surface area contributed by atoms with Gasteiger partial charge in [0, 0.05) is 50.2 Å². The summed E-state index contributed by atoms with van der Waals surface area (Å²) in [5.41, 5.74) is 9.78. The van der Waals surface area contributed by atoms with Gasteiger partial charge in [0.15, 0.2) is 0 Å². The van der Waals surface area contributed by atoms with Crippen LogP contribution in [0.5, 0.6) is 5.75 Å². The van der Waals surface area contributed by atoms with Crippen LogP contribution in [0.1, 0.15) is 17.2 Å². The fourth-order valence-corrected chi connectivity index (χ4v) is 3.13. The highest BCUT2D eigenvalue weighted by molar-refractivity contribution is 5.60. The Labute approximate surface area is 136 Å². The molecule has 1 heterocycles. The van der Waals surface area contributed by atoms with Crippen LogP contribution >= 0.6 is 0 Å². The molecule has 1 aliphatic heterocycles. The minimum Gasteiger partial charge on any atom is -0.497 e. The van der Waals surface area contributed by atoms with Gasteiger partial charge in [0.1, 0.15) is 11.6 Å². The molecule has 5 heteroatoms. The average molecular weight is 315 g/mol. The minimum absolute atomic E-state index is 0.0418. The van der Waals surface area contributed by atoms with Gasteiger partial charge in [-0.1, -0.05) is 0 Å². The number of halogens is 1. The molecular formula is C18H22FN3O. The first-order valence-electron chi connectivity index (χ1n) is 7.65. The van der Waals surface area contributed by atoms with Gasteiger partial charge in [-0.3, -0.25) is 0 Å². The molecule has 0 aliphatic carbocycles. The van der Waals surface area contributed by atoms with E-state index < -0.39 is 0 Å². The lowest BCUT2D eigenvalue weighted by Crippen LogP contribution is -2.27. The van der Waals surface area contributed by atoms with Crippen molar-refractivity contribution in [3.8, 4) is 5.75 Å². The van der Waals surface area contributed by atoms with Crippen molar-refractivity contribution in [1.29, 1.82) is 0 Å². The Morgan fingerprint density at radius 3 is 2.52 bits per heavy atom. The van der Waals surface area contributed by atoms with Crippen LogP contribution in [0.2, 0.25) is 0 Å². The fraction of sp³-hybridized carbons (Fsp3) is 0.333. The van der Waals surface area contributed by atoms with E-state index in [1.165, 1.54) is 6.07 Å². The predicted octanol–water partition coefficient (Wildman–Crippen LogP) is 2.92. The van der Waals surface area contributed by atoms with Gasteiger partial charge < -0.3 is 20.3 Å². The maximum atomic E-state index is 14.4. The van der Waals surface area contributed by atoms with Gasteiger partial charge in [-0.2, -0.15) is 0 Å². The Bertz CT molecular complexity index is 700. The molecule has 2 aromatic carbocycles. The molecule has 1 atom stereocenters. The number of hydrogen-bond donors (Lipinski definition) is 1. The molecule has 0 saturated heterocycles. The summed E-state index contributed by atoms with van der Waals surface area (Å²) in [4.78, 5) is 4.19.